The Hall–Kier alpha value is -2.21. The van der Waals surface area contributed by atoms with Crippen molar-refractivity contribution < 1.29 is 4.74 Å². The highest BCUT2D eigenvalue weighted by Gasteiger charge is 2.17. The first-order valence-corrected chi connectivity index (χ1v) is 6.52. The fraction of sp³-hybridized carbons (Fsp3) is 0.0769. The van der Waals surface area contributed by atoms with Gasteiger partial charge in [0.2, 0.25) is 5.62 Å². The van der Waals surface area contributed by atoms with E-state index in [1.807, 2.05) is 36.5 Å². The zero-order valence-electron chi connectivity index (χ0n) is 10.3. The number of nitrogens with one attached hydrogen (secondary N) is 2. The van der Waals surface area contributed by atoms with Gasteiger partial charge in [-0.2, -0.15) is 0 Å². The molecule has 5 nitrogen and oxygen atoms in total. The first kappa shape index (κ1) is 11.9. The van der Waals surface area contributed by atoms with E-state index in [4.69, 9.17) is 10.1 Å². The largest absolute Gasteiger partial charge is 0.493 e. The fourth-order valence-corrected chi connectivity index (χ4v) is 2.56. The summed E-state index contributed by atoms with van der Waals surface area (Å²) in [6, 6.07) is 9.71. The number of benzene rings is 1. The molecule has 96 valence electrons. The standard InChI is InChI=1S/C13H12N4OS/c1-18-10-7-15-19-11-8-17(13(14)16-12(10)11)9-5-3-2-4-6-9/h2-8,14-15H,1H3. The van der Waals surface area contributed by atoms with E-state index in [0.29, 0.717) is 11.5 Å². The van der Waals surface area contributed by atoms with Crippen molar-refractivity contribution in [2.75, 3.05) is 7.11 Å². The third-order valence-corrected chi connectivity index (χ3v) is 3.53. The first-order chi connectivity index (χ1) is 9.29. The topological polar surface area (TPSA) is 62.9 Å². The smallest absolute Gasteiger partial charge is 0.227 e. The molecule has 0 saturated heterocycles. The molecule has 0 saturated carbocycles. The summed E-state index contributed by atoms with van der Waals surface area (Å²) in [6.45, 7) is 0. The molecule has 2 aromatic rings. The third kappa shape index (κ3) is 2.10. The average molecular weight is 272 g/mol. The number of hydrogen-bond donors (Lipinski definition) is 2. The number of fused-ring (bicyclic) bond motifs is 1. The van der Waals surface area contributed by atoms with Crippen LogP contribution in [-0.2, 0) is 4.74 Å². The van der Waals surface area contributed by atoms with Crippen LogP contribution in [0, 0.1) is 5.41 Å². The lowest BCUT2D eigenvalue weighted by atomic mass is 10.3. The second-order valence-corrected chi connectivity index (χ2v) is 4.80. The number of para-hydroxylation sites is 1. The lowest BCUT2D eigenvalue weighted by Gasteiger charge is -2.17. The Kier molecular flexibility index (Phi) is 3.00. The zero-order valence-corrected chi connectivity index (χ0v) is 11.1. The molecule has 3 rings (SSSR count). The van der Waals surface area contributed by atoms with Gasteiger partial charge < -0.3 is 9.46 Å². The molecule has 19 heavy (non-hydrogen) atoms. The quantitative estimate of drug-likeness (QED) is 0.820. The van der Waals surface area contributed by atoms with Crippen molar-refractivity contribution in [3.8, 4) is 5.69 Å². The molecule has 1 aliphatic rings. The molecule has 1 aliphatic heterocycles. The van der Waals surface area contributed by atoms with E-state index in [-0.39, 0.29) is 5.62 Å². The zero-order chi connectivity index (χ0) is 13.2. The van der Waals surface area contributed by atoms with Crippen LogP contribution in [0.1, 0.15) is 5.69 Å². The molecule has 0 unspecified atom stereocenters. The predicted molar refractivity (Wildman–Crippen MR) is 73.4 cm³/mol. The molecule has 6 heteroatoms. The molecule has 0 amide bonds. The number of rotatable bonds is 2. The summed E-state index contributed by atoms with van der Waals surface area (Å²) in [5.74, 6) is 0.641. The second kappa shape index (κ2) is 4.81. The van der Waals surface area contributed by atoms with E-state index in [0.717, 1.165) is 10.6 Å². The summed E-state index contributed by atoms with van der Waals surface area (Å²) in [4.78, 5) is 5.25. The Morgan fingerprint density at radius 1 is 1.32 bits per heavy atom. The highest BCUT2D eigenvalue weighted by Crippen LogP contribution is 2.28. The fourth-order valence-electron chi connectivity index (χ4n) is 1.86. The van der Waals surface area contributed by atoms with Crippen LogP contribution in [0.4, 0.5) is 0 Å². The van der Waals surface area contributed by atoms with Crippen LogP contribution in [-0.4, -0.2) is 16.7 Å². The average Bonchev–Trinajstić information content (AvgIpc) is 2.47. The van der Waals surface area contributed by atoms with E-state index < -0.39 is 0 Å². The van der Waals surface area contributed by atoms with Crippen LogP contribution in [0.2, 0.25) is 0 Å². The summed E-state index contributed by atoms with van der Waals surface area (Å²) in [5, 5.41) is 8.05. The molecule has 0 spiro atoms. The van der Waals surface area contributed by atoms with Gasteiger partial charge in [-0.3, -0.25) is 9.98 Å². The van der Waals surface area contributed by atoms with Crippen LogP contribution < -0.4 is 10.3 Å². The van der Waals surface area contributed by atoms with Crippen molar-refractivity contribution in [3.63, 3.8) is 0 Å². The lowest BCUT2D eigenvalue weighted by Crippen LogP contribution is -2.24. The van der Waals surface area contributed by atoms with Gasteiger partial charge in [-0.05, 0) is 24.1 Å². The summed E-state index contributed by atoms with van der Waals surface area (Å²) in [7, 11) is 1.59. The number of aromatic nitrogens is 2. The molecule has 0 fully saturated rings. The molecular formula is C13H12N4OS. The molecule has 1 aromatic carbocycles. The van der Waals surface area contributed by atoms with Gasteiger partial charge in [0.05, 0.1) is 18.2 Å². The summed E-state index contributed by atoms with van der Waals surface area (Å²) in [6.07, 6.45) is 3.63. The minimum atomic E-state index is 0.176. The van der Waals surface area contributed by atoms with Gasteiger partial charge in [-0.25, -0.2) is 4.98 Å². The monoisotopic (exact) mass is 272 g/mol. The molecular weight excluding hydrogens is 260 g/mol. The van der Waals surface area contributed by atoms with E-state index in [1.165, 1.54) is 11.9 Å². The lowest BCUT2D eigenvalue weighted by molar-refractivity contribution is 0.364. The first-order valence-electron chi connectivity index (χ1n) is 5.70. The molecule has 0 atom stereocenters. The Bertz CT molecular complexity index is 694. The Labute approximate surface area is 114 Å². The van der Waals surface area contributed by atoms with Crippen molar-refractivity contribution in [2.45, 2.75) is 4.90 Å². The Morgan fingerprint density at radius 2 is 2.11 bits per heavy atom. The maximum atomic E-state index is 8.05. The third-order valence-electron chi connectivity index (χ3n) is 2.77. The van der Waals surface area contributed by atoms with Gasteiger partial charge in [-0.15, -0.1) is 0 Å². The van der Waals surface area contributed by atoms with Gasteiger partial charge in [-0.1, -0.05) is 18.2 Å². The summed E-state index contributed by atoms with van der Waals surface area (Å²) < 4.78 is 10.0. The number of ether oxygens (including phenoxy) is 1. The number of nitrogens with zero attached hydrogens (tertiary/aromatic N) is 2. The molecule has 0 aliphatic carbocycles. The SMILES string of the molecule is COC1=CNSc2cn(-c3ccccc3)c(=N)nc21. The van der Waals surface area contributed by atoms with Crippen LogP contribution in [0.15, 0.2) is 47.6 Å². The maximum Gasteiger partial charge on any atom is 0.227 e. The number of hydrogen-bond acceptors (Lipinski definition) is 5. The van der Waals surface area contributed by atoms with Gasteiger partial charge >= 0.3 is 0 Å². The minimum absolute atomic E-state index is 0.176. The molecule has 0 radical (unpaired) electrons. The second-order valence-electron chi connectivity index (χ2n) is 3.92. The van der Waals surface area contributed by atoms with Crippen LogP contribution in [0.3, 0.4) is 0 Å². The van der Waals surface area contributed by atoms with E-state index in [2.05, 4.69) is 9.71 Å². The van der Waals surface area contributed by atoms with E-state index in [1.54, 1.807) is 17.9 Å². The van der Waals surface area contributed by atoms with Gasteiger partial charge in [0.25, 0.3) is 0 Å². The Morgan fingerprint density at radius 3 is 2.84 bits per heavy atom. The van der Waals surface area contributed by atoms with E-state index >= 15 is 0 Å². The van der Waals surface area contributed by atoms with Gasteiger partial charge in [0.1, 0.15) is 5.69 Å². The van der Waals surface area contributed by atoms with Crippen molar-refractivity contribution in [1.29, 1.82) is 5.41 Å². The van der Waals surface area contributed by atoms with Crippen molar-refractivity contribution in [1.82, 2.24) is 14.3 Å². The summed E-state index contributed by atoms with van der Waals surface area (Å²) in [5.41, 5.74) is 1.79. The normalized spacial score (nSPS) is 13.2. The maximum absolute atomic E-state index is 8.05. The highest BCUT2D eigenvalue weighted by atomic mass is 32.2. The van der Waals surface area contributed by atoms with Crippen LogP contribution >= 0.6 is 11.9 Å². The van der Waals surface area contributed by atoms with Gasteiger partial charge in [0.15, 0.2) is 5.76 Å². The molecule has 2 N–H and O–H groups in total. The van der Waals surface area contributed by atoms with Crippen LogP contribution in [0.5, 0.6) is 0 Å². The Balaban J connectivity index is 2.16. The van der Waals surface area contributed by atoms with Crippen molar-refractivity contribution in [2.24, 2.45) is 0 Å². The number of methoxy groups -OCH3 is 1. The van der Waals surface area contributed by atoms with Crippen molar-refractivity contribution >= 4 is 17.7 Å². The van der Waals surface area contributed by atoms with Crippen LogP contribution in [0.25, 0.3) is 11.4 Å². The van der Waals surface area contributed by atoms with Crippen molar-refractivity contribution in [3.05, 3.63) is 54.0 Å². The molecule has 1 aromatic heterocycles. The predicted octanol–water partition coefficient (Wildman–Crippen LogP) is 1.91. The van der Waals surface area contributed by atoms with Gasteiger partial charge in [0, 0.05) is 11.9 Å². The highest BCUT2D eigenvalue weighted by molar-refractivity contribution is 7.97. The summed E-state index contributed by atoms with van der Waals surface area (Å²) >= 11 is 1.45. The molecule has 0 bridgehead atoms. The minimum Gasteiger partial charge on any atom is -0.493 e. The van der Waals surface area contributed by atoms with E-state index in [9.17, 15) is 0 Å². The molecule has 2 heterocycles.